The van der Waals surface area contributed by atoms with Crippen LogP contribution in [0.2, 0.25) is 0 Å². The van der Waals surface area contributed by atoms with Crippen molar-refractivity contribution in [2.75, 3.05) is 18.1 Å². The molecule has 1 atom stereocenters. The predicted octanol–water partition coefficient (Wildman–Crippen LogP) is 3.98. The van der Waals surface area contributed by atoms with E-state index in [2.05, 4.69) is 4.98 Å². The first-order chi connectivity index (χ1) is 14.0. The number of hydrogen-bond donors (Lipinski definition) is 1. The van der Waals surface area contributed by atoms with Gasteiger partial charge in [0, 0.05) is 25.3 Å². The molecular weight excluding hydrogens is 368 g/mol. The third-order valence-electron chi connectivity index (χ3n) is 5.33. The standard InChI is InChI=1S/C23H24N2O4/c1-16-24-12-19(29-16)10-18-8-9-21-20(11-18)23(2,15-26)14-25(21)22(27)28-13-17-6-4-3-5-7-17/h3-9,11-12,26H,10,13-15H2,1-2H3. The molecule has 1 N–H and O–H groups in total. The van der Waals surface area contributed by atoms with Gasteiger partial charge < -0.3 is 14.3 Å². The monoisotopic (exact) mass is 392 g/mol. The van der Waals surface area contributed by atoms with Crippen molar-refractivity contribution >= 4 is 11.8 Å². The molecule has 0 fully saturated rings. The molecule has 0 saturated carbocycles. The number of oxazole rings is 1. The molecular formula is C23H24N2O4. The number of carbonyl (C=O) groups is 1. The van der Waals surface area contributed by atoms with Gasteiger partial charge in [0.2, 0.25) is 0 Å². The zero-order chi connectivity index (χ0) is 20.4. The van der Waals surface area contributed by atoms with Crippen molar-refractivity contribution in [1.29, 1.82) is 0 Å². The lowest BCUT2D eigenvalue weighted by molar-refractivity contribution is 0.144. The topological polar surface area (TPSA) is 75.8 Å². The second-order valence-corrected chi connectivity index (χ2v) is 7.72. The van der Waals surface area contributed by atoms with E-state index in [0.717, 1.165) is 28.1 Å². The van der Waals surface area contributed by atoms with E-state index in [1.165, 1.54) is 0 Å². The molecule has 0 spiro atoms. The average Bonchev–Trinajstić information content (AvgIpc) is 3.28. The summed E-state index contributed by atoms with van der Waals surface area (Å²) in [7, 11) is 0. The zero-order valence-corrected chi connectivity index (χ0v) is 16.6. The Kier molecular flexibility index (Phi) is 5.11. The van der Waals surface area contributed by atoms with Crippen LogP contribution in [0.3, 0.4) is 0 Å². The number of fused-ring (bicyclic) bond motifs is 1. The first-order valence-corrected chi connectivity index (χ1v) is 9.62. The second-order valence-electron chi connectivity index (χ2n) is 7.72. The van der Waals surface area contributed by atoms with Crippen LogP contribution in [-0.2, 0) is 23.2 Å². The Morgan fingerprint density at radius 3 is 2.72 bits per heavy atom. The van der Waals surface area contributed by atoms with E-state index in [-0.39, 0.29) is 13.2 Å². The van der Waals surface area contributed by atoms with Gasteiger partial charge in [-0.2, -0.15) is 0 Å². The van der Waals surface area contributed by atoms with Crippen LogP contribution in [0.15, 0.2) is 59.1 Å². The maximum Gasteiger partial charge on any atom is 0.414 e. The van der Waals surface area contributed by atoms with E-state index in [1.54, 1.807) is 11.1 Å². The normalized spacial score (nSPS) is 18.0. The van der Waals surface area contributed by atoms with Crippen LogP contribution in [0.1, 0.15) is 35.3 Å². The first-order valence-electron chi connectivity index (χ1n) is 9.62. The van der Waals surface area contributed by atoms with Crippen LogP contribution in [-0.4, -0.2) is 29.3 Å². The van der Waals surface area contributed by atoms with Gasteiger partial charge in [0.15, 0.2) is 5.89 Å². The summed E-state index contributed by atoms with van der Waals surface area (Å²) in [4.78, 5) is 18.5. The molecule has 29 heavy (non-hydrogen) atoms. The van der Waals surface area contributed by atoms with Crippen molar-refractivity contribution in [3.63, 3.8) is 0 Å². The Labute approximate surface area is 169 Å². The van der Waals surface area contributed by atoms with Gasteiger partial charge in [0.05, 0.1) is 18.5 Å². The van der Waals surface area contributed by atoms with Gasteiger partial charge >= 0.3 is 6.09 Å². The minimum Gasteiger partial charge on any atom is -0.446 e. The number of aryl methyl sites for hydroxylation is 1. The SMILES string of the molecule is Cc1ncc(Cc2ccc3c(c2)C(C)(CO)CN3C(=O)OCc2ccccc2)o1. The number of rotatable bonds is 5. The number of aromatic nitrogens is 1. The Bertz CT molecular complexity index is 1010. The Morgan fingerprint density at radius 2 is 2.03 bits per heavy atom. The lowest BCUT2D eigenvalue weighted by atomic mass is 9.84. The van der Waals surface area contributed by atoms with E-state index in [0.29, 0.717) is 18.9 Å². The lowest BCUT2D eigenvalue weighted by Crippen LogP contribution is -2.37. The highest BCUT2D eigenvalue weighted by Crippen LogP contribution is 2.41. The summed E-state index contributed by atoms with van der Waals surface area (Å²) in [6.07, 6.45) is 1.92. The van der Waals surface area contributed by atoms with Gasteiger partial charge in [-0.15, -0.1) is 0 Å². The third-order valence-corrected chi connectivity index (χ3v) is 5.33. The van der Waals surface area contributed by atoms with E-state index < -0.39 is 11.5 Å². The molecule has 0 radical (unpaired) electrons. The van der Waals surface area contributed by atoms with Gasteiger partial charge in [0.1, 0.15) is 12.4 Å². The molecule has 6 heteroatoms. The molecule has 0 aliphatic carbocycles. The van der Waals surface area contributed by atoms with Crippen molar-refractivity contribution < 1.29 is 19.1 Å². The van der Waals surface area contributed by atoms with Gasteiger partial charge in [0.25, 0.3) is 0 Å². The quantitative estimate of drug-likeness (QED) is 0.711. The summed E-state index contributed by atoms with van der Waals surface area (Å²) < 4.78 is 11.1. The molecule has 1 aromatic heterocycles. The van der Waals surface area contributed by atoms with Gasteiger partial charge in [-0.25, -0.2) is 9.78 Å². The lowest BCUT2D eigenvalue weighted by Gasteiger charge is -2.23. The fourth-order valence-electron chi connectivity index (χ4n) is 3.71. The second kappa shape index (κ2) is 7.72. The molecule has 2 heterocycles. The minimum atomic E-state index is -0.547. The minimum absolute atomic E-state index is 0.0622. The van der Waals surface area contributed by atoms with Gasteiger partial charge in [-0.3, -0.25) is 4.90 Å². The number of hydrogen-bond acceptors (Lipinski definition) is 5. The first kappa shape index (κ1) is 19.2. The highest BCUT2D eigenvalue weighted by molar-refractivity contribution is 5.91. The fraction of sp³-hybridized carbons (Fsp3) is 0.304. The number of amides is 1. The largest absolute Gasteiger partial charge is 0.446 e. The maximum atomic E-state index is 12.8. The molecule has 150 valence electrons. The molecule has 1 aliphatic rings. The van der Waals surface area contributed by atoms with E-state index in [1.807, 2.05) is 62.4 Å². The van der Waals surface area contributed by atoms with Crippen LogP contribution in [0.4, 0.5) is 10.5 Å². The van der Waals surface area contributed by atoms with Gasteiger partial charge in [-0.1, -0.05) is 49.4 Å². The van der Waals surface area contributed by atoms with Gasteiger partial charge in [-0.05, 0) is 22.8 Å². The van der Waals surface area contributed by atoms with Crippen LogP contribution < -0.4 is 4.90 Å². The Morgan fingerprint density at radius 1 is 1.24 bits per heavy atom. The molecule has 2 aromatic carbocycles. The van der Waals surface area contributed by atoms with Crippen LogP contribution in [0.25, 0.3) is 0 Å². The van der Waals surface area contributed by atoms with Crippen LogP contribution >= 0.6 is 0 Å². The van der Waals surface area contributed by atoms with E-state index in [4.69, 9.17) is 9.15 Å². The molecule has 0 saturated heterocycles. The Balaban J connectivity index is 1.55. The number of anilines is 1. The highest BCUT2D eigenvalue weighted by atomic mass is 16.6. The van der Waals surface area contributed by atoms with Crippen molar-refractivity contribution in [3.05, 3.63) is 83.1 Å². The summed E-state index contributed by atoms with van der Waals surface area (Å²) in [5, 5.41) is 10.1. The average molecular weight is 392 g/mol. The molecule has 1 amide bonds. The van der Waals surface area contributed by atoms with Crippen molar-refractivity contribution in [2.24, 2.45) is 0 Å². The number of ether oxygens (including phenoxy) is 1. The van der Waals surface area contributed by atoms with Crippen molar-refractivity contribution in [3.8, 4) is 0 Å². The summed E-state index contributed by atoms with van der Waals surface area (Å²) in [6.45, 7) is 4.29. The van der Waals surface area contributed by atoms with E-state index in [9.17, 15) is 9.90 Å². The summed E-state index contributed by atoms with van der Waals surface area (Å²) >= 11 is 0. The summed E-state index contributed by atoms with van der Waals surface area (Å²) in [6, 6.07) is 15.5. The molecule has 1 aliphatic heterocycles. The third kappa shape index (κ3) is 3.89. The summed E-state index contributed by atoms with van der Waals surface area (Å²) in [5.41, 5.74) is 3.14. The summed E-state index contributed by atoms with van der Waals surface area (Å²) in [5.74, 6) is 1.42. The number of benzene rings is 2. The Hall–Kier alpha value is -3.12. The van der Waals surface area contributed by atoms with Crippen molar-refractivity contribution in [1.82, 2.24) is 4.98 Å². The molecule has 6 nitrogen and oxygen atoms in total. The molecule has 1 unspecified atom stereocenters. The number of nitrogens with zero attached hydrogens (tertiary/aromatic N) is 2. The number of aliphatic hydroxyl groups is 1. The number of aliphatic hydroxyl groups excluding tert-OH is 1. The van der Waals surface area contributed by atoms with Crippen LogP contribution in [0.5, 0.6) is 0 Å². The maximum absolute atomic E-state index is 12.8. The molecule has 0 bridgehead atoms. The highest BCUT2D eigenvalue weighted by Gasteiger charge is 2.41. The zero-order valence-electron chi connectivity index (χ0n) is 16.6. The fourth-order valence-corrected chi connectivity index (χ4v) is 3.71. The smallest absolute Gasteiger partial charge is 0.414 e. The molecule has 4 rings (SSSR count). The molecule has 3 aromatic rings. The predicted molar refractivity (Wildman–Crippen MR) is 109 cm³/mol. The van der Waals surface area contributed by atoms with Crippen molar-refractivity contribution in [2.45, 2.75) is 32.3 Å². The van der Waals surface area contributed by atoms with E-state index >= 15 is 0 Å². The number of carbonyl (C=O) groups excluding carboxylic acids is 1. The van der Waals surface area contributed by atoms with Crippen LogP contribution in [0, 0.1) is 6.92 Å².